The van der Waals surface area contributed by atoms with Gasteiger partial charge in [0.05, 0.1) is 16.7 Å². The number of morpholine rings is 1. The minimum atomic E-state index is -0.654. The van der Waals surface area contributed by atoms with Crippen molar-refractivity contribution in [3.8, 4) is 0 Å². The zero-order valence-electron chi connectivity index (χ0n) is 19.2. The summed E-state index contributed by atoms with van der Waals surface area (Å²) in [6.07, 6.45) is -0.266. The van der Waals surface area contributed by atoms with Crippen LogP contribution < -0.4 is 10.9 Å². The molecule has 3 aromatic rings. The molecule has 0 saturated carbocycles. The summed E-state index contributed by atoms with van der Waals surface area (Å²) < 4.78 is 11.3. The third-order valence-corrected chi connectivity index (χ3v) is 7.54. The second kappa shape index (κ2) is 11.1. The van der Waals surface area contributed by atoms with Crippen LogP contribution in [0.15, 0.2) is 56.6 Å². The van der Waals surface area contributed by atoms with E-state index in [1.165, 1.54) is 31.7 Å². The number of Topliss-reactive ketones (excluding diaryl/α,β-unsaturated/α-hetero) is 1. The molecule has 35 heavy (non-hydrogen) atoms. The van der Waals surface area contributed by atoms with Crippen LogP contribution in [0.2, 0.25) is 10.0 Å². The van der Waals surface area contributed by atoms with Gasteiger partial charge in [-0.3, -0.25) is 14.5 Å². The van der Waals surface area contributed by atoms with Crippen LogP contribution in [-0.4, -0.2) is 47.8 Å². The summed E-state index contributed by atoms with van der Waals surface area (Å²) in [4.78, 5) is 38.8. The van der Waals surface area contributed by atoms with Crippen molar-refractivity contribution in [2.45, 2.75) is 36.8 Å². The Balaban J connectivity index is 1.53. The first-order valence-corrected chi connectivity index (χ1v) is 12.6. The van der Waals surface area contributed by atoms with E-state index in [0.29, 0.717) is 40.7 Å². The summed E-state index contributed by atoms with van der Waals surface area (Å²) in [7, 11) is 0. The van der Waals surface area contributed by atoms with Crippen molar-refractivity contribution in [3.05, 3.63) is 74.1 Å². The highest BCUT2D eigenvalue weighted by Gasteiger charge is 2.30. The number of halogens is 2. The molecular weight excluding hydrogens is 511 g/mol. The van der Waals surface area contributed by atoms with Crippen LogP contribution in [0, 0.1) is 0 Å². The first kappa shape index (κ1) is 25.7. The van der Waals surface area contributed by atoms with E-state index in [1.54, 1.807) is 12.1 Å². The number of hydrogen-bond acceptors (Lipinski definition) is 7. The van der Waals surface area contributed by atoms with Gasteiger partial charge in [0, 0.05) is 36.8 Å². The number of hydrogen-bond donors (Lipinski definition) is 1. The lowest BCUT2D eigenvalue weighted by molar-refractivity contribution is -0.120. The van der Waals surface area contributed by atoms with Crippen LogP contribution in [0.4, 0.5) is 0 Å². The summed E-state index contributed by atoms with van der Waals surface area (Å²) >= 11 is 13.6. The number of amides is 1. The molecule has 4 rings (SSSR count). The van der Waals surface area contributed by atoms with E-state index in [2.05, 4.69) is 10.2 Å². The number of carbonyl (C=O) groups is 2. The van der Waals surface area contributed by atoms with Crippen molar-refractivity contribution in [3.63, 3.8) is 0 Å². The maximum Gasteiger partial charge on any atom is 0.347 e. The molecule has 1 aliphatic heterocycles. The smallest absolute Gasteiger partial charge is 0.347 e. The van der Waals surface area contributed by atoms with Crippen molar-refractivity contribution in [1.29, 1.82) is 0 Å². The largest absolute Gasteiger partial charge is 0.422 e. The molecule has 2 heterocycles. The Kier molecular flexibility index (Phi) is 8.19. The average molecular weight is 535 g/mol. The van der Waals surface area contributed by atoms with Crippen LogP contribution >= 0.6 is 35.0 Å². The molecule has 1 saturated heterocycles. The molecule has 184 valence electrons. The van der Waals surface area contributed by atoms with Crippen LogP contribution in [-0.2, 0) is 16.1 Å². The van der Waals surface area contributed by atoms with Gasteiger partial charge in [0.25, 0.3) is 0 Å². The third-order valence-electron chi connectivity index (χ3n) is 5.60. The highest BCUT2D eigenvalue weighted by atomic mass is 35.5. The fourth-order valence-electron chi connectivity index (χ4n) is 3.92. The second-order valence-electron chi connectivity index (χ2n) is 8.34. The average Bonchev–Trinajstić information content (AvgIpc) is 2.80. The van der Waals surface area contributed by atoms with Crippen LogP contribution in [0.1, 0.15) is 29.8 Å². The molecule has 0 bridgehead atoms. The number of ketones is 1. The zero-order chi connectivity index (χ0) is 25.1. The van der Waals surface area contributed by atoms with Crippen molar-refractivity contribution < 1.29 is 18.7 Å². The van der Waals surface area contributed by atoms with E-state index in [1.807, 2.05) is 24.3 Å². The molecule has 1 aromatic heterocycles. The van der Waals surface area contributed by atoms with Crippen LogP contribution in [0.25, 0.3) is 11.0 Å². The molecule has 1 aliphatic rings. The fourth-order valence-corrected chi connectivity index (χ4v) is 5.42. The van der Waals surface area contributed by atoms with E-state index < -0.39 is 5.63 Å². The number of nitrogens with zero attached hydrogens (tertiary/aromatic N) is 1. The minimum Gasteiger partial charge on any atom is -0.422 e. The summed E-state index contributed by atoms with van der Waals surface area (Å²) in [6.45, 7) is 5.35. The predicted molar refractivity (Wildman–Crippen MR) is 137 cm³/mol. The Hall–Kier alpha value is -2.36. The van der Waals surface area contributed by atoms with Gasteiger partial charge in [0.15, 0.2) is 5.78 Å². The molecule has 0 radical (unpaired) electrons. The lowest BCUT2D eigenvalue weighted by atomic mass is 10.1. The summed E-state index contributed by atoms with van der Waals surface area (Å²) in [5.41, 5.74) is 0.786. The number of ether oxygens (including phenoxy) is 1. The maximum atomic E-state index is 12.0. The van der Waals surface area contributed by atoms with Crippen molar-refractivity contribution in [1.82, 2.24) is 10.2 Å². The van der Waals surface area contributed by atoms with Gasteiger partial charge in [-0.2, -0.15) is 0 Å². The van der Waals surface area contributed by atoms with Gasteiger partial charge in [-0.05, 0) is 48.9 Å². The Bertz CT molecular complexity index is 1330. The van der Waals surface area contributed by atoms with Crippen LogP contribution in [0.5, 0.6) is 0 Å². The molecule has 10 heteroatoms. The highest BCUT2D eigenvalue weighted by molar-refractivity contribution is 8.00. The van der Waals surface area contributed by atoms with E-state index in [0.717, 1.165) is 17.0 Å². The number of carbonyl (C=O) groups excluding carboxylic acids is 2. The molecule has 0 unspecified atom stereocenters. The van der Waals surface area contributed by atoms with Crippen molar-refractivity contribution in [2.24, 2.45) is 0 Å². The standard InChI is InChI=1S/C25H24Cl2N2O5S/c1-14(30)19-11-17-10-18(4-6-22(17)34-25(19)32)35-24(28-15(2)31)23-13-29(7-8-33-23)12-16-3-5-20(26)21(27)9-16/h3-6,9-11,23-24H,7-8,12-13H2,1-2H3,(H,28,31)/t23-,24-/m0/s1. The van der Waals surface area contributed by atoms with Gasteiger partial charge in [-0.15, -0.1) is 0 Å². The van der Waals surface area contributed by atoms with Gasteiger partial charge < -0.3 is 14.5 Å². The van der Waals surface area contributed by atoms with E-state index in [4.69, 9.17) is 32.4 Å². The summed E-state index contributed by atoms with van der Waals surface area (Å²) in [5, 5.41) is 4.30. The highest BCUT2D eigenvalue weighted by Crippen LogP contribution is 2.30. The van der Waals surface area contributed by atoms with Gasteiger partial charge in [0.1, 0.15) is 22.6 Å². The van der Waals surface area contributed by atoms with Crippen molar-refractivity contribution in [2.75, 3.05) is 19.7 Å². The Morgan fingerprint density at radius 3 is 2.66 bits per heavy atom. The number of thioether (sulfide) groups is 1. The molecule has 0 spiro atoms. The first-order valence-electron chi connectivity index (χ1n) is 11.0. The molecule has 1 amide bonds. The summed E-state index contributed by atoms with van der Waals surface area (Å²) in [5.74, 6) is -0.522. The van der Waals surface area contributed by atoms with Gasteiger partial charge in [-0.1, -0.05) is 41.0 Å². The molecule has 1 fully saturated rings. The van der Waals surface area contributed by atoms with E-state index in [9.17, 15) is 14.4 Å². The summed E-state index contributed by atoms with van der Waals surface area (Å²) in [6, 6.07) is 12.5. The maximum absolute atomic E-state index is 12.0. The number of fused-ring (bicyclic) bond motifs is 1. The molecule has 0 aliphatic carbocycles. The van der Waals surface area contributed by atoms with E-state index in [-0.39, 0.29) is 28.7 Å². The minimum absolute atomic E-state index is 0.00613. The third kappa shape index (κ3) is 6.45. The van der Waals surface area contributed by atoms with E-state index >= 15 is 0 Å². The second-order valence-corrected chi connectivity index (χ2v) is 10.4. The SMILES string of the molecule is CC(=O)N[C@@H](Sc1ccc2oc(=O)c(C(C)=O)cc2c1)[C@@H]1CN(Cc2ccc(Cl)c(Cl)c2)CCO1. The number of benzene rings is 2. The molecule has 7 nitrogen and oxygen atoms in total. The fraction of sp³-hybridized carbons (Fsp3) is 0.320. The first-order chi connectivity index (χ1) is 16.7. The number of rotatable bonds is 7. The van der Waals surface area contributed by atoms with Crippen LogP contribution in [0.3, 0.4) is 0 Å². The quantitative estimate of drug-likeness (QED) is 0.202. The number of nitrogens with one attached hydrogen (secondary N) is 1. The molecule has 1 N–H and O–H groups in total. The Labute approximate surface area is 216 Å². The van der Waals surface area contributed by atoms with Gasteiger partial charge in [-0.25, -0.2) is 4.79 Å². The monoisotopic (exact) mass is 534 g/mol. The molecule has 2 aromatic carbocycles. The Morgan fingerprint density at radius 1 is 1.14 bits per heavy atom. The van der Waals surface area contributed by atoms with Crippen molar-refractivity contribution >= 4 is 57.6 Å². The van der Waals surface area contributed by atoms with Gasteiger partial charge in [0.2, 0.25) is 5.91 Å². The molecular formula is C25H24Cl2N2O5S. The van der Waals surface area contributed by atoms with Gasteiger partial charge >= 0.3 is 5.63 Å². The predicted octanol–water partition coefficient (Wildman–Crippen LogP) is 4.76. The lowest BCUT2D eigenvalue weighted by Crippen LogP contribution is -2.51. The lowest BCUT2D eigenvalue weighted by Gasteiger charge is -2.37. The zero-order valence-corrected chi connectivity index (χ0v) is 21.5. The normalized spacial score (nSPS) is 17.3. The molecule has 2 atom stereocenters. The Morgan fingerprint density at radius 2 is 1.94 bits per heavy atom. The topological polar surface area (TPSA) is 88.8 Å².